The maximum absolute atomic E-state index is 7.83. The minimum atomic E-state index is -0.997. The second-order valence-corrected chi connectivity index (χ2v) is 17.4. The van der Waals surface area contributed by atoms with E-state index in [9.17, 15) is 0 Å². The molecule has 4 aliphatic rings. The predicted octanol–water partition coefficient (Wildman–Crippen LogP) is 7.04. The molecule has 21 atom stereocenters. The predicted molar refractivity (Wildman–Crippen MR) is 188 cm³/mol. The molecule has 2 radical (unpaired) electrons. The molecule has 0 aliphatic carbocycles. The molecule has 47 heavy (non-hydrogen) atoms. The van der Waals surface area contributed by atoms with Crippen LogP contribution >= 0.6 is 8.03 Å². The second-order valence-electron chi connectivity index (χ2n) is 16.1. The summed E-state index contributed by atoms with van der Waals surface area (Å²) < 4.78 is 54.7. The smallest absolute Gasteiger partial charge is 0.210 e. The van der Waals surface area contributed by atoms with Crippen molar-refractivity contribution in [3.05, 3.63) is 0 Å². The zero-order valence-corrected chi connectivity index (χ0v) is 32.6. The van der Waals surface area contributed by atoms with Gasteiger partial charge in [0.1, 0.15) is 19.8 Å². The molecule has 4 aliphatic heterocycles. The number of aliphatic hydroxyl groups is 1. The lowest BCUT2D eigenvalue weighted by Crippen LogP contribution is -2.61. The van der Waals surface area contributed by atoms with Crippen LogP contribution in [0.4, 0.5) is 0 Å². The molecule has 272 valence electrons. The van der Waals surface area contributed by atoms with Gasteiger partial charge in [-0.05, 0) is 82.8 Å². The highest BCUT2D eigenvalue weighted by atomic mass is 31.1. The third-order valence-electron chi connectivity index (χ3n) is 13.5. The molecule has 8 nitrogen and oxygen atoms in total. The van der Waals surface area contributed by atoms with Gasteiger partial charge >= 0.3 is 0 Å². The van der Waals surface area contributed by atoms with E-state index in [0.717, 1.165) is 12.8 Å². The van der Waals surface area contributed by atoms with E-state index >= 15 is 0 Å². The number of hydrogen-bond acceptors (Lipinski definition) is 8. The molecular formula is C37H68BO8P. The largest absolute Gasteiger partial charge is 0.394 e. The second kappa shape index (κ2) is 17.1. The fraction of sp³-hybridized carbons (Fsp3) is 1.00. The van der Waals surface area contributed by atoms with Crippen LogP contribution in [0.25, 0.3) is 0 Å². The molecule has 0 aromatic carbocycles. The maximum atomic E-state index is 7.83. The Labute approximate surface area is 291 Å². The normalized spacial score (nSPS) is 52.1. The van der Waals surface area contributed by atoms with E-state index in [1.54, 1.807) is 0 Å². The van der Waals surface area contributed by atoms with Gasteiger partial charge in [-0.25, -0.2) is 0 Å². The van der Waals surface area contributed by atoms with E-state index in [1.807, 2.05) is 6.66 Å². The first-order valence-corrected chi connectivity index (χ1v) is 20.5. The van der Waals surface area contributed by atoms with Gasteiger partial charge in [0.25, 0.3) is 0 Å². The van der Waals surface area contributed by atoms with Crippen molar-refractivity contribution in [2.24, 2.45) is 59.2 Å². The van der Waals surface area contributed by atoms with Gasteiger partial charge in [0.2, 0.25) is 1.43 Å². The fourth-order valence-corrected chi connectivity index (χ4v) is 9.13. The van der Waals surface area contributed by atoms with E-state index in [4.69, 9.17) is 47.1 Å². The minimum Gasteiger partial charge on any atom is -0.394 e. The monoisotopic (exact) mass is 684 g/mol. The first-order chi connectivity index (χ1) is 22.6. The number of aliphatic hydroxyl groups excluding tert-OH is 1. The number of ether oxygens (including phenoxy) is 6. The molecule has 0 bridgehead atoms. The molecule has 0 aromatic heterocycles. The van der Waals surface area contributed by atoms with Crippen LogP contribution in [0.3, 0.4) is 0 Å². The standard InChI is InChI=1S/C37H68BO8P/c1-14-30-23(7)19(3)25(9)37(44-30)45-34-26(10)31(15-29-22(6)21(5)27(11)41-33(29)17-40-47(13)38)43-32(16-39)35(34)46-36-24(8)18(2)20(4)28(12)42-36/h18-37,39H,14-17H2,1-13H3/i39T. The Hall–Kier alpha value is 0.175. The molecule has 4 fully saturated rings. The third kappa shape index (κ3) is 8.80. The van der Waals surface area contributed by atoms with Gasteiger partial charge in [-0.1, -0.05) is 69.2 Å². The summed E-state index contributed by atoms with van der Waals surface area (Å²) >= 11 is 0. The lowest BCUT2D eigenvalue weighted by molar-refractivity contribution is -0.344. The third-order valence-corrected chi connectivity index (χ3v) is 14.1. The van der Waals surface area contributed by atoms with Crippen LogP contribution in [0.1, 0.15) is 95.9 Å². The summed E-state index contributed by atoms with van der Waals surface area (Å²) in [5.74, 6) is 2.99. The van der Waals surface area contributed by atoms with Crippen molar-refractivity contribution in [1.82, 2.24) is 0 Å². The highest BCUT2D eigenvalue weighted by Gasteiger charge is 2.52. The topological polar surface area (TPSA) is 84.8 Å². The van der Waals surface area contributed by atoms with Gasteiger partial charge in [-0.15, -0.1) is 0 Å². The average molecular weight is 685 g/mol. The molecule has 10 heteroatoms. The van der Waals surface area contributed by atoms with E-state index in [1.165, 1.54) is 0 Å². The number of hydrogen-bond donors (Lipinski definition) is 1. The van der Waals surface area contributed by atoms with E-state index < -0.39 is 26.5 Å². The van der Waals surface area contributed by atoms with Crippen molar-refractivity contribution in [2.45, 2.75) is 157 Å². The zero-order chi connectivity index (χ0) is 35.6. The average Bonchev–Trinajstić information content (AvgIpc) is 3.05. The van der Waals surface area contributed by atoms with Gasteiger partial charge in [0, 0.05) is 17.8 Å². The van der Waals surface area contributed by atoms with Crippen LogP contribution < -0.4 is 0 Å². The Bertz CT molecular complexity index is 982. The lowest BCUT2D eigenvalue weighted by Gasteiger charge is -2.52. The summed E-state index contributed by atoms with van der Waals surface area (Å²) in [6.07, 6.45) is -0.483. The zero-order valence-electron chi connectivity index (χ0n) is 32.7. The Morgan fingerprint density at radius 1 is 0.617 bits per heavy atom. The summed E-state index contributed by atoms with van der Waals surface area (Å²) in [6.45, 7) is 29.3. The summed E-state index contributed by atoms with van der Waals surface area (Å²) in [5.41, 5.74) is 0. The summed E-state index contributed by atoms with van der Waals surface area (Å²) in [6, 6.07) is 0. The first kappa shape index (κ1) is 38.4. The van der Waals surface area contributed by atoms with Gasteiger partial charge in [-0.2, -0.15) is 0 Å². The molecule has 0 spiro atoms. The minimum absolute atomic E-state index is 0.0450. The van der Waals surface area contributed by atoms with E-state index in [0.29, 0.717) is 42.1 Å². The van der Waals surface area contributed by atoms with Crippen LogP contribution in [0.2, 0.25) is 0 Å². The Morgan fingerprint density at radius 2 is 1.19 bits per heavy atom. The summed E-state index contributed by atoms with van der Waals surface area (Å²) in [7, 11) is 5.07. The molecular weight excluding hydrogens is 614 g/mol. The van der Waals surface area contributed by atoms with Crippen LogP contribution in [-0.4, -0.2) is 95.4 Å². The van der Waals surface area contributed by atoms with Gasteiger partial charge in [0.15, 0.2) is 12.6 Å². The maximum Gasteiger partial charge on any atom is 0.210 e. The highest BCUT2D eigenvalue weighted by Crippen LogP contribution is 2.45. The van der Waals surface area contributed by atoms with Gasteiger partial charge in [0.05, 0.1) is 49.8 Å². The van der Waals surface area contributed by atoms with Crippen molar-refractivity contribution in [3.8, 4) is 0 Å². The Balaban J connectivity index is 1.67. The van der Waals surface area contributed by atoms with Crippen LogP contribution in [0, 0.1) is 59.2 Å². The number of rotatable bonds is 12. The van der Waals surface area contributed by atoms with Gasteiger partial charge in [-0.3, -0.25) is 0 Å². The van der Waals surface area contributed by atoms with Crippen LogP contribution in [-0.2, 0) is 32.9 Å². The van der Waals surface area contributed by atoms with Crippen molar-refractivity contribution < 1.29 is 38.1 Å². The van der Waals surface area contributed by atoms with Gasteiger partial charge < -0.3 is 38.1 Å². The van der Waals surface area contributed by atoms with E-state index in [2.05, 4.69) is 83.1 Å². The van der Waals surface area contributed by atoms with Crippen molar-refractivity contribution in [2.75, 3.05) is 19.9 Å². The molecule has 4 rings (SSSR count). The Kier molecular flexibility index (Phi) is 14.0. The first-order valence-electron chi connectivity index (χ1n) is 19.1. The van der Waals surface area contributed by atoms with Crippen molar-refractivity contribution in [3.63, 3.8) is 0 Å². The summed E-state index contributed by atoms with van der Waals surface area (Å²) in [5, 5.41) is 5.08. The Morgan fingerprint density at radius 3 is 1.81 bits per heavy atom. The van der Waals surface area contributed by atoms with Crippen molar-refractivity contribution in [1.29, 1.82) is 1.43 Å². The molecule has 0 saturated carbocycles. The van der Waals surface area contributed by atoms with Crippen LogP contribution in [0.15, 0.2) is 0 Å². The molecule has 21 unspecified atom stereocenters. The molecule has 4 saturated heterocycles. The fourth-order valence-electron chi connectivity index (χ4n) is 8.75. The van der Waals surface area contributed by atoms with Crippen LogP contribution in [0.5, 0.6) is 0 Å². The quantitative estimate of drug-likeness (QED) is 0.173. The highest BCUT2D eigenvalue weighted by molar-refractivity contribution is 7.77. The molecule has 4 heterocycles. The van der Waals surface area contributed by atoms with E-state index in [-0.39, 0.29) is 73.2 Å². The molecule has 0 amide bonds. The summed E-state index contributed by atoms with van der Waals surface area (Å²) in [4.78, 5) is 0. The lowest BCUT2D eigenvalue weighted by atomic mass is 9.71. The molecule has 0 aromatic rings. The molecule has 1 N–H and O–H groups in total. The SMILES string of the molecule is [3H]OCC1OC(CC2C(COP([B])C)OC(C)C(C)C2C)C(C)C(OC2OC(CC)C(C)C(C)C2C)C1OC1OC(C)C(C)C(C)C1C. The van der Waals surface area contributed by atoms with Crippen molar-refractivity contribution >= 4 is 15.6 Å².